The largest absolute Gasteiger partial charge is 0.462 e. The van der Waals surface area contributed by atoms with Gasteiger partial charge < -0.3 is 4.74 Å². The Hall–Kier alpha value is -0.850. The van der Waals surface area contributed by atoms with Crippen molar-refractivity contribution in [1.82, 2.24) is 0 Å². The molecule has 0 saturated carbocycles. The Labute approximate surface area is 119 Å². The minimum atomic E-state index is -4.17. The topological polar surface area (TPSA) is 60.4 Å². The Balaban J connectivity index is 3.19. The van der Waals surface area contributed by atoms with E-state index in [-0.39, 0.29) is 12.5 Å². The Morgan fingerprint density at radius 1 is 1.42 bits per heavy atom. The summed E-state index contributed by atoms with van der Waals surface area (Å²) in [5.74, 6) is -1.87. The van der Waals surface area contributed by atoms with Crippen LogP contribution in [0.3, 0.4) is 0 Å². The van der Waals surface area contributed by atoms with Crippen LogP contribution in [-0.4, -0.2) is 21.0 Å². The van der Waals surface area contributed by atoms with Crippen LogP contribution < -0.4 is 0 Å². The second-order valence-electron chi connectivity index (χ2n) is 4.19. The van der Waals surface area contributed by atoms with E-state index in [1.807, 2.05) is 0 Å². The lowest BCUT2D eigenvalue weighted by molar-refractivity contribution is 0.0453. The molecular formula is C11H11Cl2FO4S. The highest BCUT2D eigenvalue weighted by molar-refractivity contribution is 8.13. The summed E-state index contributed by atoms with van der Waals surface area (Å²) in [6, 6.07) is 1.48. The zero-order valence-corrected chi connectivity index (χ0v) is 12.4. The number of hydrogen-bond acceptors (Lipinski definition) is 4. The fourth-order valence-electron chi connectivity index (χ4n) is 1.19. The van der Waals surface area contributed by atoms with Crippen molar-refractivity contribution in [2.45, 2.75) is 18.7 Å². The van der Waals surface area contributed by atoms with Crippen LogP contribution in [0.2, 0.25) is 5.02 Å². The van der Waals surface area contributed by atoms with Crippen molar-refractivity contribution in [3.8, 4) is 0 Å². The molecule has 1 aromatic rings. The number of benzene rings is 1. The highest BCUT2D eigenvalue weighted by Gasteiger charge is 2.22. The number of carbonyl (C=O) groups excluding carboxylic acids is 1. The summed E-state index contributed by atoms with van der Waals surface area (Å²) in [6.07, 6.45) is 0. The molecule has 1 aromatic carbocycles. The Kier molecular flexibility index (Phi) is 5.18. The van der Waals surface area contributed by atoms with Crippen molar-refractivity contribution in [3.05, 3.63) is 28.5 Å². The molecule has 8 heteroatoms. The van der Waals surface area contributed by atoms with Gasteiger partial charge in [0.15, 0.2) is 0 Å². The van der Waals surface area contributed by atoms with Crippen molar-refractivity contribution in [2.24, 2.45) is 5.92 Å². The smallest absolute Gasteiger partial charge is 0.341 e. The van der Waals surface area contributed by atoms with E-state index in [1.165, 1.54) is 0 Å². The summed E-state index contributed by atoms with van der Waals surface area (Å²) in [5, 5.41) is -0.395. The molecule has 0 aliphatic heterocycles. The zero-order valence-electron chi connectivity index (χ0n) is 10.1. The van der Waals surface area contributed by atoms with Crippen molar-refractivity contribution in [1.29, 1.82) is 0 Å². The van der Waals surface area contributed by atoms with Gasteiger partial charge in [0, 0.05) is 10.7 Å². The Bertz CT molecular complexity index is 599. The first kappa shape index (κ1) is 16.2. The first-order valence-corrected chi connectivity index (χ1v) is 7.92. The van der Waals surface area contributed by atoms with Gasteiger partial charge in [-0.1, -0.05) is 25.4 Å². The second-order valence-corrected chi connectivity index (χ2v) is 7.13. The van der Waals surface area contributed by atoms with Crippen LogP contribution in [0.25, 0.3) is 0 Å². The average Bonchev–Trinajstić information content (AvgIpc) is 2.24. The molecule has 0 aromatic heterocycles. The van der Waals surface area contributed by atoms with Crippen LogP contribution in [0, 0.1) is 11.7 Å². The van der Waals surface area contributed by atoms with E-state index in [4.69, 9.17) is 27.0 Å². The van der Waals surface area contributed by atoms with E-state index in [0.29, 0.717) is 6.07 Å². The van der Waals surface area contributed by atoms with Gasteiger partial charge in [0.25, 0.3) is 9.05 Å². The molecule has 0 aliphatic carbocycles. The van der Waals surface area contributed by atoms with Crippen LogP contribution in [0.1, 0.15) is 24.2 Å². The van der Waals surface area contributed by atoms with Gasteiger partial charge in [-0.3, -0.25) is 0 Å². The maximum Gasteiger partial charge on any atom is 0.341 e. The van der Waals surface area contributed by atoms with Gasteiger partial charge in [0.05, 0.1) is 17.2 Å². The highest BCUT2D eigenvalue weighted by Crippen LogP contribution is 2.28. The van der Waals surface area contributed by atoms with Crippen LogP contribution in [-0.2, 0) is 13.8 Å². The van der Waals surface area contributed by atoms with Crippen molar-refractivity contribution >= 4 is 37.3 Å². The lowest BCUT2D eigenvalue weighted by Crippen LogP contribution is -2.12. The molecule has 4 nitrogen and oxygen atoms in total. The maximum absolute atomic E-state index is 13.6. The van der Waals surface area contributed by atoms with Gasteiger partial charge in [0.2, 0.25) is 0 Å². The first-order valence-electron chi connectivity index (χ1n) is 5.23. The average molecular weight is 329 g/mol. The number of hydrogen-bond donors (Lipinski definition) is 0. The summed E-state index contributed by atoms with van der Waals surface area (Å²) in [5.41, 5.74) is -0.524. The van der Waals surface area contributed by atoms with Crippen LogP contribution in [0.4, 0.5) is 4.39 Å². The maximum atomic E-state index is 13.6. The predicted molar refractivity (Wildman–Crippen MR) is 69.6 cm³/mol. The third-order valence-electron chi connectivity index (χ3n) is 2.05. The molecule has 19 heavy (non-hydrogen) atoms. The molecular weight excluding hydrogens is 318 g/mol. The predicted octanol–water partition coefficient (Wildman–Crippen LogP) is 3.22. The molecule has 0 N–H and O–H groups in total. The number of ether oxygens (including phenoxy) is 1. The van der Waals surface area contributed by atoms with E-state index < -0.39 is 36.3 Å². The van der Waals surface area contributed by atoms with E-state index in [1.54, 1.807) is 13.8 Å². The lowest BCUT2D eigenvalue weighted by Gasteiger charge is -2.09. The first-order chi connectivity index (χ1) is 8.62. The number of rotatable bonds is 4. The summed E-state index contributed by atoms with van der Waals surface area (Å²) < 4.78 is 40.8. The molecule has 0 aliphatic rings. The number of esters is 1. The van der Waals surface area contributed by atoms with Crippen molar-refractivity contribution in [2.75, 3.05) is 6.61 Å². The SMILES string of the molecule is CC(C)COC(=O)c1cc(S(=O)(=O)Cl)c(Cl)cc1F. The lowest BCUT2D eigenvalue weighted by atomic mass is 10.2. The molecule has 0 unspecified atom stereocenters. The Morgan fingerprint density at radius 2 is 2.00 bits per heavy atom. The van der Waals surface area contributed by atoms with Crippen LogP contribution >= 0.6 is 22.3 Å². The number of carbonyl (C=O) groups is 1. The number of halogens is 3. The molecule has 0 bridgehead atoms. The van der Waals surface area contributed by atoms with Crippen molar-refractivity contribution < 1.29 is 22.3 Å². The van der Waals surface area contributed by atoms with E-state index in [0.717, 1.165) is 6.07 Å². The molecule has 0 atom stereocenters. The Morgan fingerprint density at radius 3 is 2.47 bits per heavy atom. The van der Waals surface area contributed by atoms with Gasteiger partial charge in [0.1, 0.15) is 10.7 Å². The third-order valence-corrected chi connectivity index (χ3v) is 3.84. The summed E-state index contributed by atoms with van der Waals surface area (Å²) in [6.45, 7) is 3.70. The molecule has 0 saturated heterocycles. The molecule has 0 fully saturated rings. The second kappa shape index (κ2) is 6.07. The third kappa shape index (κ3) is 4.33. The fraction of sp³-hybridized carbons (Fsp3) is 0.364. The molecule has 106 valence electrons. The highest BCUT2D eigenvalue weighted by atomic mass is 35.7. The molecule has 0 radical (unpaired) electrons. The molecule has 0 amide bonds. The van der Waals surface area contributed by atoms with Gasteiger partial charge in [-0.05, 0) is 18.1 Å². The van der Waals surface area contributed by atoms with Gasteiger partial charge >= 0.3 is 5.97 Å². The summed E-state index contributed by atoms with van der Waals surface area (Å²) >= 11 is 5.56. The van der Waals surface area contributed by atoms with Crippen LogP contribution in [0.15, 0.2) is 17.0 Å². The summed E-state index contributed by atoms with van der Waals surface area (Å²) in [7, 11) is 0.962. The van der Waals surface area contributed by atoms with Crippen LogP contribution in [0.5, 0.6) is 0 Å². The van der Waals surface area contributed by atoms with Crippen molar-refractivity contribution in [3.63, 3.8) is 0 Å². The van der Waals surface area contributed by atoms with E-state index in [9.17, 15) is 17.6 Å². The fourth-order valence-corrected chi connectivity index (χ4v) is 2.70. The van der Waals surface area contributed by atoms with E-state index >= 15 is 0 Å². The summed E-state index contributed by atoms with van der Waals surface area (Å²) in [4.78, 5) is 11.1. The zero-order chi connectivity index (χ0) is 14.8. The molecule has 0 heterocycles. The van der Waals surface area contributed by atoms with Gasteiger partial charge in [-0.2, -0.15) is 0 Å². The standard InChI is InChI=1S/C11H11Cl2FO4S/c1-6(2)5-18-11(15)7-3-10(19(13,16)17)8(12)4-9(7)14/h3-4,6H,5H2,1-2H3. The van der Waals surface area contributed by atoms with E-state index in [2.05, 4.69) is 0 Å². The minimum Gasteiger partial charge on any atom is -0.462 e. The van der Waals surface area contributed by atoms with Gasteiger partial charge in [-0.25, -0.2) is 17.6 Å². The quantitative estimate of drug-likeness (QED) is 0.629. The molecule has 1 rings (SSSR count). The monoisotopic (exact) mass is 328 g/mol. The minimum absolute atomic E-state index is 0.0653. The molecule has 0 spiro atoms. The van der Waals surface area contributed by atoms with Gasteiger partial charge in [-0.15, -0.1) is 0 Å². The normalized spacial score (nSPS) is 11.7.